The average molecular weight is 424 g/mol. The van der Waals surface area contributed by atoms with Gasteiger partial charge in [-0.2, -0.15) is 0 Å². The first-order chi connectivity index (χ1) is 14.2. The lowest BCUT2D eigenvalue weighted by Crippen LogP contribution is -2.34. The van der Waals surface area contributed by atoms with Crippen LogP contribution < -0.4 is 10.0 Å². The molecule has 4 rings (SSSR count). The van der Waals surface area contributed by atoms with E-state index in [1.54, 1.807) is 12.1 Å². The number of aryl methyl sites for hydroxylation is 1. The smallest absolute Gasteiger partial charge is 0.238 e. The SMILES string of the molecule is Cc1cc(C(=O)CN2c3ccccc3C[C@@H]2C)c(C)n1-c1ccc(S(N)(=O)=O)cc1. The molecule has 2 N–H and O–H groups in total. The second-order valence-corrected chi connectivity index (χ2v) is 9.45. The molecule has 0 unspecified atom stereocenters. The van der Waals surface area contributed by atoms with E-state index in [2.05, 4.69) is 24.0 Å². The minimum Gasteiger partial charge on any atom is -0.361 e. The van der Waals surface area contributed by atoms with Gasteiger partial charge in [-0.25, -0.2) is 13.6 Å². The van der Waals surface area contributed by atoms with Gasteiger partial charge in [-0.1, -0.05) is 18.2 Å². The predicted molar refractivity (Wildman–Crippen MR) is 118 cm³/mol. The molecule has 30 heavy (non-hydrogen) atoms. The van der Waals surface area contributed by atoms with E-state index in [0.29, 0.717) is 12.1 Å². The number of carbonyl (C=O) groups excluding carboxylic acids is 1. The molecule has 0 bridgehead atoms. The molecule has 0 radical (unpaired) electrons. The van der Waals surface area contributed by atoms with Crippen molar-refractivity contribution < 1.29 is 13.2 Å². The maximum Gasteiger partial charge on any atom is 0.238 e. The molecule has 2 aromatic carbocycles. The van der Waals surface area contributed by atoms with E-state index in [4.69, 9.17) is 5.14 Å². The maximum atomic E-state index is 13.2. The first-order valence-electron chi connectivity index (χ1n) is 9.86. The lowest BCUT2D eigenvalue weighted by atomic mass is 10.1. The number of Topliss-reactive ketones (excluding diaryl/α,β-unsaturated/α-hetero) is 1. The number of nitrogens with two attached hydrogens (primary N) is 1. The van der Waals surface area contributed by atoms with Gasteiger partial charge in [-0.05, 0) is 69.2 Å². The Morgan fingerprint density at radius 3 is 2.43 bits per heavy atom. The van der Waals surface area contributed by atoms with E-state index in [0.717, 1.165) is 29.2 Å². The number of aromatic nitrogens is 1. The van der Waals surface area contributed by atoms with Gasteiger partial charge in [0.25, 0.3) is 0 Å². The summed E-state index contributed by atoms with van der Waals surface area (Å²) in [5.74, 6) is 0.0686. The molecule has 1 atom stereocenters. The molecule has 0 amide bonds. The third-order valence-corrected chi connectivity index (χ3v) is 6.75. The molecule has 1 aliphatic heterocycles. The van der Waals surface area contributed by atoms with Gasteiger partial charge < -0.3 is 9.47 Å². The number of benzene rings is 2. The topological polar surface area (TPSA) is 85.4 Å². The van der Waals surface area contributed by atoms with Crippen LogP contribution in [-0.4, -0.2) is 31.4 Å². The highest BCUT2D eigenvalue weighted by Gasteiger charge is 2.28. The maximum absolute atomic E-state index is 13.2. The van der Waals surface area contributed by atoms with Crippen LogP contribution in [-0.2, 0) is 16.4 Å². The van der Waals surface area contributed by atoms with Crippen molar-refractivity contribution in [1.29, 1.82) is 0 Å². The molecule has 0 spiro atoms. The molecule has 0 fully saturated rings. The van der Waals surface area contributed by atoms with Crippen LogP contribution in [0.4, 0.5) is 5.69 Å². The Morgan fingerprint density at radius 2 is 1.77 bits per heavy atom. The fraction of sp³-hybridized carbons (Fsp3) is 0.261. The number of rotatable bonds is 5. The van der Waals surface area contributed by atoms with E-state index >= 15 is 0 Å². The van der Waals surface area contributed by atoms with Crippen LogP contribution in [0.2, 0.25) is 0 Å². The summed E-state index contributed by atoms with van der Waals surface area (Å²) >= 11 is 0. The van der Waals surface area contributed by atoms with Crippen molar-refractivity contribution in [3.05, 3.63) is 77.1 Å². The zero-order valence-corrected chi connectivity index (χ0v) is 18.1. The highest BCUT2D eigenvalue weighted by molar-refractivity contribution is 7.89. The van der Waals surface area contributed by atoms with Crippen molar-refractivity contribution in [2.45, 2.75) is 38.1 Å². The Morgan fingerprint density at radius 1 is 1.10 bits per heavy atom. The predicted octanol–water partition coefficient (Wildman–Crippen LogP) is 3.38. The van der Waals surface area contributed by atoms with Gasteiger partial charge >= 0.3 is 0 Å². The van der Waals surface area contributed by atoms with Crippen LogP contribution in [0, 0.1) is 13.8 Å². The number of ketones is 1. The number of hydrogen-bond donors (Lipinski definition) is 1. The van der Waals surface area contributed by atoms with Gasteiger partial charge in [-0.3, -0.25) is 4.79 Å². The number of hydrogen-bond acceptors (Lipinski definition) is 4. The lowest BCUT2D eigenvalue weighted by molar-refractivity contribution is 0.0997. The molecule has 0 saturated carbocycles. The molecule has 6 nitrogen and oxygen atoms in total. The fourth-order valence-electron chi connectivity index (χ4n) is 4.34. The number of sulfonamides is 1. The molecule has 1 aromatic heterocycles. The summed E-state index contributed by atoms with van der Waals surface area (Å²) in [5.41, 5.74) is 5.62. The Kier molecular flexibility index (Phi) is 5.03. The average Bonchev–Trinajstić information content (AvgIpc) is 3.17. The van der Waals surface area contributed by atoms with Crippen LogP contribution in [0.5, 0.6) is 0 Å². The first kappa shape index (κ1) is 20.4. The molecular weight excluding hydrogens is 398 g/mol. The van der Waals surface area contributed by atoms with Crippen LogP contribution in [0.1, 0.15) is 34.2 Å². The number of fused-ring (bicyclic) bond motifs is 1. The Labute approximate surface area is 177 Å². The van der Waals surface area contributed by atoms with E-state index in [-0.39, 0.29) is 16.7 Å². The van der Waals surface area contributed by atoms with Crippen molar-refractivity contribution in [1.82, 2.24) is 4.57 Å². The zero-order chi connectivity index (χ0) is 21.6. The number of nitrogens with zero attached hydrogens (tertiary/aromatic N) is 2. The summed E-state index contributed by atoms with van der Waals surface area (Å²) in [5, 5.41) is 5.19. The standard InChI is InChI=1S/C23H25N3O3S/c1-15-12-18-6-4-5-7-22(18)25(15)14-23(27)21-13-16(2)26(17(21)3)19-8-10-20(11-9-19)30(24,28)29/h4-11,13,15H,12,14H2,1-3H3,(H2,24,28,29)/t15-/m0/s1. The number of primary sulfonamides is 1. The summed E-state index contributed by atoms with van der Waals surface area (Å²) in [6.45, 7) is 6.32. The van der Waals surface area contributed by atoms with E-state index in [9.17, 15) is 13.2 Å². The van der Waals surface area contributed by atoms with Gasteiger partial charge in [0.2, 0.25) is 10.0 Å². The summed E-state index contributed by atoms with van der Waals surface area (Å²) in [6, 6.07) is 16.8. The zero-order valence-electron chi connectivity index (χ0n) is 17.3. The van der Waals surface area contributed by atoms with Crippen LogP contribution in [0.25, 0.3) is 5.69 Å². The Bertz CT molecular complexity index is 1230. The van der Waals surface area contributed by atoms with E-state index < -0.39 is 10.0 Å². The van der Waals surface area contributed by atoms with Crippen molar-refractivity contribution in [3.63, 3.8) is 0 Å². The van der Waals surface area contributed by atoms with Gasteiger partial charge in [0.1, 0.15) is 0 Å². The van der Waals surface area contributed by atoms with E-state index in [1.165, 1.54) is 17.7 Å². The van der Waals surface area contributed by atoms with Crippen molar-refractivity contribution in [2.75, 3.05) is 11.4 Å². The molecule has 0 saturated heterocycles. The second kappa shape index (κ2) is 7.41. The van der Waals surface area contributed by atoms with Crippen molar-refractivity contribution in [2.24, 2.45) is 5.14 Å². The minimum absolute atomic E-state index is 0.0618. The monoisotopic (exact) mass is 423 g/mol. The van der Waals surface area contributed by atoms with Crippen LogP contribution >= 0.6 is 0 Å². The quantitative estimate of drug-likeness (QED) is 0.638. The third kappa shape index (κ3) is 3.55. The Balaban J connectivity index is 1.63. The van der Waals surface area contributed by atoms with E-state index in [1.807, 2.05) is 36.6 Å². The van der Waals surface area contributed by atoms with Gasteiger partial charge in [0.05, 0.1) is 11.4 Å². The molecule has 156 valence electrons. The summed E-state index contributed by atoms with van der Waals surface area (Å²) in [6.07, 6.45) is 0.943. The summed E-state index contributed by atoms with van der Waals surface area (Å²) in [7, 11) is -3.74. The molecular formula is C23H25N3O3S. The van der Waals surface area contributed by atoms with Crippen molar-refractivity contribution in [3.8, 4) is 5.69 Å². The minimum atomic E-state index is -3.74. The Hall–Kier alpha value is -2.90. The molecule has 1 aliphatic rings. The largest absolute Gasteiger partial charge is 0.361 e. The second-order valence-electron chi connectivity index (χ2n) is 7.89. The fourth-order valence-corrected chi connectivity index (χ4v) is 4.85. The lowest BCUT2D eigenvalue weighted by Gasteiger charge is -2.24. The highest BCUT2D eigenvalue weighted by atomic mass is 32.2. The van der Waals surface area contributed by atoms with Gasteiger partial charge in [0.15, 0.2) is 5.78 Å². The highest BCUT2D eigenvalue weighted by Crippen LogP contribution is 2.32. The van der Waals surface area contributed by atoms with Crippen LogP contribution in [0.3, 0.4) is 0 Å². The molecule has 2 heterocycles. The molecule has 7 heteroatoms. The molecule has 0 aliphatic carbocycles. The number of para-hydroxylation sites is 1. The molecule has 3 aromatic rings. The summed E-state index contributed by atoms with van der Waals surface area (Å²) in [4.78, 5) is 15.4. The normalized spacial score (nSPS) is 16.0. The number of carbonyl (C=O) groups is 1. The van der Waals surface area contributed by atoms with Gasteiger partial charge in [0, 0.05) is 34.4 Å². The first-order valence-corrected chi connectivity index (χ1v) is 11.4. The van der Waals surface area contributed by atoms with Crippen molar-refractivity contribution >= 4 is 21.5 Å². The van der Waals surface area contributed by atoms with Gasteiger partial charge in [-0.15, -0.1) is 0 Å². The van der Waals surface area contributed by atoms with Crippen LogP contribution in [0.15, 0.2) is 59.5 Å². The summed E-state index contributed by atoms with van der Waals surface area (Å²) < 4.78 is 25.0. The third-order valence-electron chi connectivity index (χ3n) is 5.82. The number of anilines is 1.